The summed E-state index contributed by atoms with van der Waals surface area (Å²) in [4.78, 5) is 17.5. The molecule has 31 heavy (non-hydrogen) atoms. The van der Waals surface area contributed by atoms with Crippen LogP contribution in [0.3, 0.4) is 0 Å². The van der Waals surface area contributed by atoms with Gasteiger partial charge >= 0.3 is 0 Å². The van der Waals surface area contributed by atoms with Crippen molar-refractivity contribution in [2.24, 2.45) is 0 Å². The SMILES string of the molecule is Cc1cc(C(=O)NCc2ccc3c(c2)OCO3)nc2c1c(C)nn2-c1ccccc1Cl. The van der Waals surface area contributed by atoms with Crippen molar-refractivity contribution in [3.63, 3.8) is 0 Å². The van der Waals surface area contributed by atoms with Crippen LogP contribution < -0.4 is 14.8 Å². The van der Waals surface area contributed by atoms with E-state index in [1.165, 1.54) is 0 Å². The maximum absolute atomic E-state index is 12.9. The lowest BCUT2D eigenvalue weighted by molar-refractivity contribution is 0.0946. The van der Waals surface area contributed by atoms with Crippen molar-refractivity contribution in [1.29, 1.82) is 0 Å². The number of aromatic nitrogens is 3. The van der Waals surface area contributed by atoms with E-state index in [0.29, 0.717) is 40.1 Å². The minimum Gasteiger partial charge on any atom is -0.454 e. The van der Waals surface area contributed by atoms with E-state index in [9.17, 15) is 4.79 Å². The van der Waals surface area contributed by atoms with E-state index >= 15 is 0 Å². The Morgan fingerprint density at radius 2 is 1.94 bits per heavy atom. The lowest BCUT2D eigenvalue weighted by Crippen LogP contribution is -2.24. The Hall–Kier alpha value is -3.58. The maximum atomic E-state index is 12.9. The molecule has 7 nitrogen and oxygen atoms in total. The molecule has 3 heterocycles. The van der Waals surface area contributed by atoms with Gasteiger partial charge in [-0.1, -0.05) is 29.8 Å². The van der Waals surface area contributed by atoms with Gasteiger partial charge in [0.15, 0.2) is 17.1 Å². The minimum atomic E-state index is -0.271. The second-order valence-electron chi connectivity index (χ2n) is 7.34. The number of nitrogens with one attached hydrogen (secondary N) is 1. The van der Waals surface area contributed by atoms with Crippen molar-refractivity contribution >= 4 is 28.5 Å². The molecule has 0 bridgehead atoms. The quantitative estimate of drug-likeness (QED) is 0.516. The van der Waals surface area contributed by atoms with Crippen LogP contribution in [-0.2, 0) is 6.54 Å². The van der Waals surface area contributed by atoms with E-state index in [-0.39, 0.29) is 12.7 Å². The number of pyridine rings is 1. The van der Waals surface area contributed by atoms with Crippen LogP contribution in [0.5, 0.6) is 11.5 Å². The number of carbonyl (C=O) groups is 1. The number of amides is 1. The Morgan fingerprint density at radius 3 is 2.77 bits per heavy atom. The van der Waals surface area contributed by atoms with Crippen molar-refractivity contribution in [1.82, 2.24) is 20.1 Å². The molecule has 0 radical (unpaired) electrons. The van der Waals surface area contributed by atoms with Crippen LogP contribution in [0.4, 0.5) is 0 Å². The number of nitrogens with zero attached hydrogens (tertiary/aromatic N) is 3. The lowest BCUT2D eigenvalue weighted by Gasteiger charge is -2.09. The second kappa shape index (κ2) is 7.59. The zero-order valence-corrected chi connectivity index (χ0v) is 17.7. The Bertz CT molecular complexity index is 1330. The monoisotopic (exact) mass is 434 g/mol. The highest BCUT2D eigenvalue weighted by molar-refractivity contribution is 6.32. The van der Waals surface area contributed by atoms with Gasteiger partial charge in [0.2, 0.25) is 6.79 Å². The fourth-order valence-electron chi connectivity index (χ4n) is 3.74. The first kappa shape index (κ1) is 19.4. The Morgan fingerprint density at radius 1 is 1.13 bits per heavy atom. The molecule has 0 spiro atoms. The Balaban J connectivity index is 1.46. The average molecular weight is 435 g/mol. The van der Waals surface area contributed by atoms with Crippen LogP contribution in [0.25, 0.3) is 16.7 Å². The van der Waals surface area contributed by atoms with Crippen molar-refractivity contribution < 1.29 is 14.3 Å². The van der Waals surface area contributed by atoms with Gasteiger partial charge in [-0.05, 0) is 55.3 Å². The molecule has 2 aromatic heterocycles. The molecule has 1 aliphatic rings. The molecule has 0 saturated carbocycles. The minimum absolute atomic E-state index is 0.215. The summed E-state index contributed by atoms with van der Waals surface area (Å²) in [6.45, 7) is 4.43. The van der Waals surface area contributed by atoms with E-state index in [0.717, 1.165) is 22.2 Å². The fraction of sp³-hybridized carbons (Fsp3) is 0.174. The third-order valence-corrected chi connectivity index (χ3v) is 5.53. The summed E-state index contributed by atoms with van der Waals surface area (Å²) in [5.41, 5.74) is 4.29. The van der Waals surface area contributed by atoms with E-state index in [2.05, 4.69) is 15.4 Å². The molecule has 156 valence electrons. The number of ether oxygens (including phenoxy) is 2. The standard InChI is InChI=1S/C23H19ClN4O3/c1-13-9-17(23(29)25-11-15-7-8-19-20(10-15)31-12-30-19)26-22-21(13)14(2)27-28(22)18-6-4-3-5-16(18)24/h3-10H,11-12H2,1-2H3,(H,25,29). The van der Waals surface area contributed by atoms with Crippen molar-refractivity contribution in [2.75, 3.05) is 6.79 Å². The average Bonchev–Trinajstić information content (AvgIpc) is 3.36. The summed E-state index contributed by atoms with van der Waals surface area (Å²) in [6.07, 6.45) is 0. The third-order valence-electron chi connectivity index (χ3n) is 5.21. The molecule has 5 rings (SSSR count). The lowest BCUT2D eigenvalue weighted by atomic mass is 10.1. The highest BCUT2D eigenvalue weighted by atomic mass is 35.5. The second-order valence-corrected chi connectivity index (χ2v) is 7.75. The van der Waals surface area contributed by atoms with E-state index < -0.39 is 0 Å². The summed E-state index contributed by atoms with van der Waals surface area (Å²) in [5.74, 6) is 1.12. The molecule has 1 amide bonds. The van der Waals surface area contributed by atoms with Crippen LogP contribution in [-0.4, -0.2) is 27.5 Å². The largest absolute Gasteiger partial charge is 0.454 e. The van der Waals surface area contributed by atoms with Crippen molar-refractivity contribution in [3.05, 3.63) is 76.1 Å². The molecular weight excluding hydrogens is 416 g/mol. The zero-order valence-electron chi connectivity index (χ0n) is 17.0. The number of para-hydroxylation sites is 1. The topological polar surface area (TPSA) is 78.3 Å². The zero-order chi connectivity index (χ0) is 21.5. The van der Waals surface area contributed by atoms with Gasteiger partial charge < -0.3 is 14.8 Å². The number of hydrogen-bond acceptors (Lipinski definition) is 5. The highest BCUT2D eigenvalue weighted by Crippen LogP contribution is 2.32. The summed E-state index contributed by atoms with van der Waals surface area (Å²) in [7, 11) is 0. The highest BCUT2D eigenvalue weighted by Gasteiger charge is 2.19. The van der Waals surface area contributed by atoms with Gasteiger partial charge in [0.25, 0.3) is 5.91 Å². The molecule has 0 atom stereocenters. The van der Waals surface area contributed by atoms with Crippen LogP contribution in [0.15, 0.2) is 48.5 Å². The van der Waals surface area contributed by atoms with Gasteiger partial charge in [0.05, 0.1) is 16.4 Å². The summed E-state index contributed by atoms with van der Waals surface area (Å²) >= 11 is 6.38. The summed E-state index contributed by atoms with van der Waals surface area (Å²) in [5, 5.41) is 9.01. The van der Waals surface area contributed by atoms with Crippen molar-refractivity contribution in [3.8, 4) is 17.2 Å². The van der Waals surface area contributed by atoms with Gasteiger partial charge in [-0.25, -0.2) is 9.67 Å². The normalized spacial score (nSPS) is 12.4. The van der Waals surface area contributed by atoms with Crippen LogP contribution in [0, 0.1) is 13.8 Å². The van der Waals surface area contributed by atoms with Crippen LogP contribution >= 0.6 is 11.6 Å². The number of halogens is 1. The molecule has 0 aliphatic carbocycles. The van der Waals surface area contributed by atoms with Crippen LogP contribution in [0.1, 0.15) is 27.3 Å². The third kappa shape index (κ3) is 3.47. The first-order valence-corrected chi connectivity index (χ1v) is 10.2. The Kier molecular flexibility index (Phi) is 4.75. The first-order chi connectivity index (χ1) is 15.0. The molecule has 1 N–H and O–H groups in total. The summed E-state index contributed by atoms with van der Waals surface area (Å²) < 4.78 is 12.4. The fourth-order valence-corrected chi connectivity index (χ4v) is 3.95. The van der Waals surface area contributed by atoms with E-state index in [1.807, 2.05) is 50.2 Å². The van der Waals surface area contributed by atoms with Crippen molar-refractivity contribution in [2.45, 2.75) is 20.4 Å². The van der Waals surface area contributed by atoms with E-state index in [1.54, 1.807) is 16.8 Å². The molecule has 0 saturated heterocycles. The molecule has 4 aromatic rings. The van der Waals surface area contributed by atoms with Gasteiger partial charge in [-0.2, -0.15) is 5.10 Å². The Labute approximate surface area is 183 Å². The predicted octanol–water partition coefficient (Wildman–Crippen LogP) is 4.35. The molecule has 0 unspecified atom stereocenters. The molecule has 2 aromatic carbocycles. The van der Waals surface area contributed by atoms with Gasteiger partial charge in [-0.15, -0.1) is 0 Å². The van der Waals surface area contributed by atoms with Gasteiger partial charge in [-0.3, -0.25) is 4.79 Å². The van der Waals surface area contributed by atoms with Crippen LogP contribution in [0.2, 0.25) is 5.02 Å². The first-order valence-electron chi connectivity index (χ1n) is 9.80. The number of carbonyl (C=O) groups excluding carboxylic acids is 1. The smallest absolute Gasteiger partial charge is 0.270 e. The molecule has 0 fully saturated rings. The number of fused-ring (bicyclic) bond motifs is 2. The van der Waals surface area contributed by atoms with E-state index in [4.69, 9.17) is 21.1 Å². The van der Waals surface area contributed by atoms with Gasteiger partial charge in [0.1, 0.15) is 5.69 Å². The maximum Gasteiger partial charge on any atom is 0.270 e. The molecule has 1 aliphatic heterocycles. The van der Waals surface area contributed by atoms with Gasteiger partial charge in [0, 0.05) is 11.9 Å². The molecular formula is C23H19ClN4O3. The number of benzene rings is 2. The predicted molar refractivity (Wildman–Crippen MR) is 117 cm³/mol. The number of rotatable bonds is 4. The molecule has 8 heteroatoms. The number of aryl methyl sites for hydroxylation is 2. The summed E-state index contributed by atoms with van der Waals surface area (Å²) in [6, 6.07) is 14.8. The number of hydrogen-bond donors (Lipinski definition) is 1.